The molecular formula is C28H25N5O. The van der Waals surface area contributed by atoms with Crippen LogP contribution in [0.3, 0.4) is 0 Å². The van der Waals surface area contributed by atoms with Crippen molar-refractivity contribution in [3.05, 3.63) is 103 Å². The Balaban J connectivity index is 1.31. The first-order valence-corrected chi connectivity index (χ1v) is 11.7. The van der Waals surface area contributed by atoms with Gasteiger partial charge in [0.2, 0.25) is 0 Å². The Bertz CT molecular complexity index is 1440. The summed E-state index contributed by atoms with van der Waals surface area (Å²) >= 11 is 0. The number of imidazole rings is 1. The van der Waals surface area contributed by atoms with Crippen LogP contribution in [0.1, 0.15) is 23.3 Å². The normalized spacial score (nSPS) is 15.8. The molecule has 1 amide bonds. The Kier molecular flexibility index (Phi) is 5.18. The molecule has 2 aromatic carbocycles. The van der Waals surface area contributed by atoms with Gasteiger partial charge in [-0.1, -0.05) is 66.7 Å². The van der Waals surface area contributed by atoms with Crippen molar-refractivity contribution in [1.82, 2.24) is 24.1 Å². The number of nitrogens with zero attached hydrogens (tertiary/aromatic N) is 5. The number of fused-ring (bicyclic) bond motifs is 1. The Hall–Kier alpha value is -4.19. The quantitative estimate of drug-likeness (QED) is 0.374. The summed E-state index contributed by atoms with van der Waals surface area (Å²) in [6.07, 6.45) is 7.79. The lowest BCUT2D eigenvalue weighted by Gasteiger charge is -2.24. The minimum Gasteiger partial charge on any atom is -0.335 e. The molecular weight excluding hydrogens is 422 g/mol. The summed E-state index contributed by atoms with van der Waals surface area (Å²) < 4.78 is 3.91. The van der Waals surface area contributed by atoms with Gasteiger partial charge in [-0.3, -0.25) is 4.79 Å². The third-order valence-electron chi connectivity index (χ3n) is 6.57. The molecule has 6 nitrogen and oxygen atoms in total. The van der Waals surface area contributed by atoms with Crippen LogP contribution in [0.25, 0.3) is 27.9 Å². The fourth-order valence-corrected chi connectivity index (χ4v) is 4.93. The van der Waals surface area contributed by atoms with E-state index in [0.29, 0.717) is 5.69 Å². The summed E-state index contributed by atoms with van der Waals surface area (Å²) in [6, 6.07) is 26.3. The van der Waals surface area contributed by atoms with E-state index in [1.54, 1.807) is 0 Å². The molecule has 168 valence electrons. The highest BCUT2D eigenvalue weighted by Gasteiger charge is 2.33. The molecule has 6 rings (SSSR count). The van der Waals surface area contributed by atoms with E-state index in [9.17, 15) is 4.79 Å². The SMILES string of the molecule is O=C(c1nn2ccccc2c1-c1ccccc1)N1CCC[C@H]1Cn1cnc(-c2ccccc2)c1. The summed E-state index contributed by atoms with van der Waals surface area (Å²) in [5, 5.41) is 4.73. The topological polar surface area (TPSA) is 55.4 Å². The van der Waals surface area contributed by atoms with Gasteiger partial charge in [0.15, 0.2) is 5.69 Å². The molecule has 0 radical (unpaired) electrons. The van der Waals surface area contributed by atoms with Crippen LogP contribution in [0.5, 0.6) is 0 Å². The number of hydrogen-bond acceptors (Lipinski definition) is 3. The molecule has 0 bridgehead atoms. The zero-order valence-electron chi connectivity index (χ0n) is 18.8. The maximum Gasteiger partial charge on any atom is 0.275 e. The number of carbonyl (C=O) groups is 1. The summed E-state index contributed by atoms with van der Waals surface area (Å²) in [4.78, 5) is 20.4. The summed E-state index contributed by atoms with van der Waals surface area (Å²) in [5.74, 6) is -0.00606. The minimum absolute atomic E-state index is 0.00606. The van der Waals surface area contributed by atoms with Gasteiger partial charge in [0.25, 0.3) is 5.91 Å². The van der Waals surface area contributed by atoms with E-state index in [-0.39, 0.29) is 11.9 Å². The van der Waals surface area contributed by atoms with Gasteiger partial charge < -0.3 is 9.47 Å². The Morgan fingerprint density at radius 1 is 0.912 bits per heavy atom. The van der Waals surface area contributed by atoms with Crippen LogP contribution in [-0.2, 0) is 6.54 Å². The van der Waals surface area contributed by atoms with E-state index in [4.69, 9.17) is 5.10 Å². The Morgan fingerprint density at radius 3 is 2.44 bits per heavy atom. The van der Waals surface area contributed by atoms with Crippen molar-refractivity contribution in [2.75, 3.05) is 6.54 Å². The molecule has 0 N–H and O–H groups in total. The van der Waals surface area contributed by atoms with Crippen molar-refractivity contribution in [2.24, 2.45) is 0 Å². The maximum absolute atomic E-state index is 13.9. The van der Waals surface area contributed by atoms with Crippen LogP contribution in [0, 0.1) is 0 Å². The van der Waals surface area contributed by atoms with Gasteiger partial charge in [-0.25, -0.2) is 9.50 Å². The van der Waals surface area contributed by atoms with Gasteiger partial charge in [-0.05, 0) is 30.5 Å². The first-order chi connectivity index (χ1) is 16.8. The zero-order valence-corrected chi connectivity index (χ0v) is 18.8. The molecule has 1 saturated heterocycles. The fourth-order valence-electron chi connectivity index (χ4n) is 4.93. The lowest BCUT2D eigenvalue weighted by atomic mass is 10.0. The first kappa shape index (κ1) is 20.4. The van der Waals surface area contributed by atoms with Crippen LogP contribution in [-0.4, -0.2) is 42.6 Å². The van der Waals surface area contributed by atoms with Crippen LogP contribution in [0.15, 0.2) is 97.6 Å². The molecule has 0 saturated carbocycles. The number of benzene rings is 2. The van der Waals surface area contributed by atoms with Gasteiger partial charge in [0, 0.05) is 36.6 Å². The number of rotatable bonds is 5. The second-order valence-corrected chi connectivity index (χ2v) is 8.74. The fraction of sp³-hybridized carbons (Fsp3) is 0.179. The molecule has 0 aliphatic carbocycles. The zero-order chi connectivity index (χ0) is 22.9. The number of carbonyl (C=O) groups excluding carboxylic acids is 1. The second kappa shape index (κ2) is 8.63. The van der Waals surface area contributed by atoms with Gasteiger partial charge >= 0.3 is 0 Å². The number of hydrogen-bond donors (Lipinski definition) is 0. The third-order valence-corrected chi connectivity index (χ3v) is 6.57. The van der Waals surface area contributed by atoms with E-state index in [1.165, 1.54) is 0 Å². The molecule has 34 heavy (non-hydrogen) atoms. The summed E-state index contributed by atoms with van der Waals surface area (Å²) in [5.41, 5.74) is 5.39. The lowest BCUT2D eigenvalue weighted by molar-refractivity contribution is 0.0718. The van der Waals surface area contributed by atoms with Crippen molar-refractivity contribution in [3.8, 4) is 22.4 Å². The van der Waals surface area contributed by atoms with E-state index in [0.717, 1.165) is 53.8 Å². The molecule has 5 aromatic rings. The average molecular weight is 448 g/mol. The molecule has 0 unspecified atom stereocenters. The highest BCUT2D eigenvalue weighted by Crippen LogP contribution is 2.31. The Labute approximate surface area is 198 Å². The van der Waals surface area contributed by atoms with Crippen molar-refractivity contribution >= 4 is 11.4 Å². The van der Waals surface area contributed by atoms with Gasteiger partial charge in [-0.15, -0.1) is 0 Å². The number of pyridine rings is 1. The van der Waals surface area contributed by atoms with E-state index in [2.05, 4.69) is 27.9 Å². The van der Waals surface area contributed by atoms with Crippen LogP contribution in [0.4, 0.5) is 0 Å². The van der Waals surface area contributed by atoms with Crippen LogP contribution >= 0.6 is 0 Å². The van der Waals surface area contributed by atoms with Crippen molar-refractivity contribution in [2.45, 2.75) is 25.4 Å². The summed E-state index contributed by atoms with van der Waals surface area (Å²) in [6.45, 7) is 1.46. The first-order valence-electron chi connectivity index (χ1n) is 11.7. The minimum atomic E-state index is -0.00606. The van der Waals surface area contributed by atoms with Crippen molar-refractivity contribution in [1.29, 1.82) is 0 Å². The molecule has 6 heteroatoms. The molecule has 1 aliphatic rings. The lowest BCUT2D eigenvalue weighted by Crippen LogP contribution is -2.38. The third kappa shape index (κ3) is 3.67. The van der Waals surface area contributed by atoms with Gasteiger partial charge in [0.1, 0.15) is 0 Å². The average Bonchev–Trinajstić information content (AvgIpc) is 3.63. The highest BCUT2D eigenvalue weighted by molar-refractivity contribution is 6.03. The van der Waals surface area contributed by atoms with E-state index < -0.39 is 0 Å². The monoisotopic (exact) mass is 447 g/mol. The largest absolute Gasteiger partial charge is 0.335 e. The van der Waals surface area contributed by atoms with E-state index >= 15 is 0 Å². The molecule has 3 aromatic heterocycles. The molecule has 1 atom stereocenters. The number of likely N-dealkylation sites (tertiary alicyclic amines) is 1. The van der Waals surface area contributed by atoms with Gasteiger partial charge in [-0.2, -0.15) is 5.10 Å². The predicted octanol–water partition coefficient (Wildman–Crippen LogP) is 5.17. The van der Waals surface area contributed by atoms with E-state index in [1.807, 2.05) is 88.7 Å². The molecule has 1 aliphatic heterocycles. The highest BCUT2D eigenvalue weighted by atomic mass is 16.2. The molecule has 4 heterocycles. The van der Waals surface area contributed by atoms with Crippen LogP contribution < -0.4 is 0 Å². The standard InChI is InChI=1S/C28H25N5O/c34-28(27-26(22-12-5-2-6-13-22)25-15-7-8-17-33(25)30-27)32-16-9-14-23(32)18-31-19-24(29-20-31)21-10-3-1-4-11-21/h1-8,10-13,15,17,19-20,23H,9,14,16,18H2/t23-/m0/s1. The van der Waals surface area contributed by atoms with Crippen molar-refractivity contribution in [3.63, 3.8) is 0 Å². The molecule has 0 spiro atoms. The number of aromatic nitrogens is 4. The predicted molar refractivity (Wildman–Crippen MR) is 132 cm³/mol. The van der Waals surface area contributed by atoms with Crippen molar-refractivity contribution < 1.29 is 4.79 Å². The van der Waals surface area contributed by atoms with Crippen LogP contribution in [0.2, 0.25) is 0 Å². The second-order valence-electron chi connectivity index (χ2n) is 8.74. The Morgan fingerprint density at radius 2 is 1.65 bits per heavy atom. The van der Waals surface area contributed by atoms with Gasteiger partial charge in [0.05, 0.1) is 23.6 Å². The molecule has 1 fully saturated rings. The number of amides is 1. The summed E-state index contributed by atoms with van der Waals surface area (Å²) in [7, 11) is 0. The maximum atomic E-state index is 13.9. The smallest absolute Gasteiger partial charge is 0.275 e.